The second-order valence-corrected chi connectivity index (χ2v) is 8.22. The van der Waals surface area contributed by atoms with Crippen LogP contribution in [0.2, 0.25) is 0 Å². The van der Waals surface area contributed by atoms with Gasteiger partial charge in [-0.2, -0.15) is 0 Å². The van der Waals surface area contributed by atoms with Crippen LogP contribution in [-0.4, -0.2) is 11.3 Å². The molecule has 0 saturated carbocycles. The standard InChI is InChI=1S/C13H8Br3NOS/c1-17-10-4-7(14)2-3-12(10)19(18)13-6-9(16)8(15)5-11(13)17/h2-6H,1H3. The van der Waals surface area contributed by atoms with E-state index in [4.69, 9.17) is 0 Å². The molecule has 1 aliphatic heterocycles. The molecule has 2 aromatic rings. The lowest BCUT2D eigenvalue weighted by Crippen LogP contribution is -2.19. The van der Waals surface area contributed by atoms with Crippen LogP contribution in [0.25, 0.3) is 0 Å². The summed E-state index contributed by atoms with van der Waals surface area (Å²) in [5.41, 5.74) is 1.92. The summed E-state index contributed by atoms with van der Waals surface area (Å²) in [6.07, 6.45) is 0. The van der Waals surface area contributed by atoms with Crippen LogP contribution in [0.1, 0.15) is 0 Å². The molecule has 1 aliphatic rings. The van der Waals surface area contributed by atoms with E-state index in [0.717, 1.165) is 34.6 Å². The van der Waals surface area contributed by atoms with E-state index in [1.165, 1.54) is 0 Å². The fourth-order valence-electron chi connectivity index (χ4n) is 2.09. The molecular weight excluding hydrogens is 458 g/mol. The van der Waals surface area contributed by atoms with Crippen LogP contribution >= 0.6 is 47.8 Å². The van der Waals surface area contributed by atoms with Gasteiger partial charge in [0.2, 0.25) is 0 Å². The highest BCUT2D eigenvalue weighted by atomic mass is 79.9. The first kappa shape index (κ1) is 13.8. The third-order valence-corrected chi connectivity index (χ3v) is 6.85. The molecule has 1 heterocycles. The average Bonchev–Trinajstić information content (AvgIpc) is 2.38. The minimum atomic E-state index is -1.15. The monoisotopic (exact) mass is 463 g/mol. The van der Waals surface area contributed by atoms with Gasteiger partial charge >= 0.3 is 0 Å². The first-order valence-electron chi connectivity index (χ1n) is 5.43. The SMILES string of the molecule is CN1c2cc(Br)ccc2S(=O)c2cc(Br)c(Br)cc21. The van der Waals surface area contributed by atoms with Gasteiger partial charge in [0, 0.05) is 20.5 Å². The van der Waals surface area contributed by atoms with Gasteiger partial charge in [-0.1, -0.05) is 15.9 Å². The minimum Gasteiger partial charge on any atom is -0.343 e. The van der Waals surface area contributed by atoms with E-state index in [2.05, 4.69) is 52.7 Å². The van der Waals surface area contributed by atoms with Crippen LogP contribution in [0.15, 0.2) is 53.5 Å². The topological polar surface area (TPSA) is 20.3 Å². The second kappa shape index (κ2) is 4.98. The van der Waals surface area contributed by atoms with Crippen molar-refractivity contribution in [3.63, 3.8) is 0 Å². The first-order valence-corrected chi connectivity index (χ1v) is 8.96. The minimum absolute atomic E-state index is 0.826. The first-order chi connectivity index (χ1) is 8.99. The Balaban J connectivity index is 2.29. The Labute approximate surface area is 139 Å². The van der Waals surface area contributed by atoms with Crippen LogP contribution in [0.5, 0.6) is 0 Å². The molecule has 0 N–H and O–H groups in total. The Kier molecular flexibility index (Phi) is 3.62. The summed E-state index contributed by atoms with van der Waals surface area (Å²) in [5, 5.41) is 0. The molecule has 98 valence electrons. The number of fused-ring (bicyclic) bond motifs is 2. The predicted octanol–water partition coefficient (Wildman–Crippen LogP) is 5.22. The van der Waals surface area contributed by atoms with E-state index >= 15 is 0 Å². The molecule has 0 radical (unpaired) electrons. The van der Waals surface area contributed by atoms with E-state index in [9.17, 15) is 4.21 Å². The van der Waals surface area contributed by atoms with E-state index < -0.39 is 10.8 Å². The molecule has 6 heteroatoms. The predicted molar refractivity (Wildman–Crippen MR) is 88.7 cm³/mol. The van der Waals surface area contributed by atoms with Gasteiger partial charge in [-0.05, 0) is 62.2 Å². The molecule has 2 nitrogen and oxygen atoms in total. The van der Waals surface area contributed by atoms with Crippen molar-refractivity contribution in [2.45, 2.75) is 9.79 Å². The average molecular weight is 466 g/mol. The molecule has 2 aromatic carbocycles. The molecule has 0 saturated heterocycles. The summed E-state index contributed by atoms with van der Waals surface area (Å²) in [7, 11) is 0.836. The van der Waals surface area contributed by atoms with Crippen LogP contribution < -0.4 is 4.90 Å². The Morgan fingerprint density at radius 1 is 0.947 bits per heavy atom. The van der Waals surface area contributed by atoms with Crippen molar-refractivity contribution >= 4 is 70.0 Å². The van der Waals surface area contributed by atoms with Gasteiger partial charge in [0.25, 0.3) is 0 Å². The summed E-state index contributed by atoms with van der Waals surface area (Å²) in [6.45, 7) is 0. The number of rotatable bonds is 0. The zero-order chi connectivity index (χ0) is 13.7. The summed E-state index contributed by atoms with van der Waals surface area (Å²) in [4.78, 5) is 3.73. The molecule has 3 rings (SSSR count). The Morgan fingerprint density at radius 2 is 1.58 bits per heavy atom. The number of hydrogen-bond acceptors (Lipinski definition) is 2. The van der Waals surface area contributed by atoms with E-state index in [0.29, 0.717) is 0 Å². The quantitative estimate of drug-likeness (QED) is 0.531. The van der Waals surface area contributed by atoms with Crippen LogP contribution in [-0.2, 0) is 10.8 Å². The Bertz CT molecular complexity index is 717. The largest absolute Gasteiger partial charge is 0.343 e. The van der Waals surface area contributed by atoms with Gasteiger partial charge in [0.05, 0.1) is 32.0 Å². The van der Waals surface area contributed by atoms with Crippen molar-refractivity contribution in [1.29, 1.82) is 0 Å². The second-order valence-electron chi connectivity index (χ2n) is 4.17. The molecule has 0 amide bonds. The molecule has 0 aromatic heterocycles. The zero-order valence-corrected chi connectivity index (χ0v) is 15.4. The van der Waals surface area contributed by atoms with Gasteiger partial charge in [-0.25, -0.2) is 4.21 Å². The number of benzene rings is 2. The highest BCUT2D eigenvalue weighted by Gasteiger charge is 2.27. The van der Waals surface area contributed by atoms with Crippen molar-refractivity contribution in [1.82, 2.24) is 0 Å². The van der Waals surface area contributed by atoms with Gasteiger partial charge in [0.1, 0.15) is 0 Å². The van der Waals surface area contributed by atoms with Gasteiger partial charge < -0.3 is 4.90 Å². The lowest BCUT2D eigenvalue weighted by atomic mass is 10.2. The number of anilines is 2. The highest BCUT2D eigenvalue weighted by molar-refractivity contribution is 9.13. The van der Waals surface area contributed by atoms with Gasteiger partial charge in [-0.3, -0.25) is 0 Å². The van der Waals surface area contributed by atoms with Crippen LogP contribution in [0.4, 0.5) is 11.4 Å². The number of hydrogen-bond donors (Lipinski definition) is 0. The van der Waals surface area contributed by atoms with Crippen molar-refractivity contribution < 1.29 is 4.21 Å². The van der Waals surface area contributed by atoms with E-state index in [1.807, 2.05) is 37.4 Å². The summed E-state index contributed by atoms with van der Waals surface area (Å²) >= 11 is 10.4. The Morgan fingerprint density at radius 3 is 2.32 bits per heavy atom. The Hall–Kier alpha value is -0.170. The summed E-state index contributed by atoms with van der Waals surface area (Å²) in [5.74, 6) is 0. The van der Waals surface area contributed by atoms with Gasteiger partial charge in [0.15, 0.2) is 0 Å². The van der Waals surface area contributed by atoms with Crippen LogP contribution in [0, 0.1) is 0 Å². The normalized spacial score (nSPS) is 17.1. The molecule has 0 aliphatic carbocycles. The van der Waals surface area contributed by atoms with Gasteiger partial charge in [-0.15, -0.1) is 0 Å². The maximum absolute atomic E-state index is 12.7. The van der Waals surface area contributed by atoms with Crippen molar-refractivity contribution in [2.75, 3.05) is 11.9 Å². The van der Waals surface area contributed by atoms with Crippen molar-refractivity contribution in [3.8, 4) is 0 Å². The van der Waals surface area contributed by atoms with E-state index in [-0.39, 0.29) is 0 Å². The summed E-state index contributed by atoms with van der Waals surface area (Å²) in [6, 6.07) is 9.72. The van der Waals surface area contributed by atoms with Crippen molar-refractivity contribution in [2.24, 2.45) is 0 Å². The molecule has 1 unspecified atom stereocenters. The molecule has 0 spiro atoms. The van der Waals surface area contributed by atoms with Crippen LogP contribution in [0.3, 0.4) is 0 Å². The third kappa shape index (κ3) is 2.22. The number of nitrogens with zero attached hydrogens (tertiary/aromatic N) is 1. The highest BCUT2D eigenvalue weighted by Crippen LogP contribution is 2.44. The lowest BCUT2D eigenvalue weighted by Gasteiger charge is -2.29. The summed E-state index contributed by atoms with van der Waals surface area (Å²) < 4.78 is 15.5. The molecule has 0 fully saturated rings. The molecule has 19 heavy (non-hydrogen) atoms. The molecule has 1 atom stereocenters. The zero-order valence-electron chi connectivity index (χ0n) is 9.78. The van der Waals surface area contributed by atoms with E-state index in [1.54, 1.807) is 0 Å². The fraction of sp³-hybridized carbons (Fsp3) is 0.0769. The lowest BCUT2D eigenvalue weighted by molar-refractivity contribution is 0.681. The molecule has 0 bridgehead atoms. The molecular formula is C13H8Br3NOS. The number of halogens is 3. The smallest absolute Gasteiger partial charge is 0.0892 e. The third-order valence-electron chi connectivity index (χ3n) is 3.05. The fourth-order valence-corrected chi connectivity index (χ4v) is 4.69. The van der Waals surface area contributed by atoms with Crippen molar-refractivity contribution in [3.05, 3.63) is 43.7 Å². The maximum Gasteiger partial charge on any atom is 0.0892 e. The maximum atomic E-state index is 12.7.